The number of rotatable bonds is 5. The number of aromatic nitrogens is 2. The van der Waals surface area contributed by atoms with E-state index in [0.717, 1.165) is 54.6 Å². The predicted octanol–water partition coefficient (Wildman–Crippen LogP) is 12.0. The molecule has 8 aromatic carbocycles. The molecule has 9 rings (SSSR count). The van der Waals surface area contributed by atoms with Crippen LogP contribution in [0.3, 0.4) is 0 Å². The lowest BCUT2D eigenvalue weighted by Crippen LogP contribution is -2.01. The van der Waals surface area contributed by atoms with Gasteiger partial charge in [-0.15, -0.1) is 0 Å². The first-order valence-corrected chi connectivity index (χ1v) is 15.4. The van der Waals surface area contributed by atoms with Gasteiger partial charge in [0.1, 0.15) is 5.82 Å². The molecule has 0 aliphatic rings. The highest BCUT2D eigenvalue weighted by molar-refractivity contribution is 6.24. The van der Waals surface area contributed by atoms with Crippen LogP contribution >= 0.6 is 0 Å². The lowest BCUT2D eigenvalue weighted by atomic mass is 9.84. The summed E-state index contributed by atoms with van der Waals surface area (Å²) in [6, 6.07) is 40.9. The zero-order chi connectivity index (χ0) is 40.0. The first-order chi connectivity index (χ1) is 27.3. The topological polar surface area (TPSA) is 17.8 Å². The third-order valence-corrected chi connectivity index (χ3v) is 8.96. The molecule has 0 unspecified atom stereocenters. The molecule has 222 valence electrons. The molecule has 0 radical (unpaired) electrons. The molecule has 0 aliphatic heterocycles. The second-order valence-electron chi connectivity index (χ2n) is 11.5. The molecule has 0 aliphatic carbocycles. The fraction of sp³-hybridized carbons (Fsp3) is 0.0444. The Hall–Kier alpha value is -5.99. The van der Waals surface area contributed by atoms with Gasteiger partial charge in [0.2, 0.25) is 0 Å². The lowest BCUT2D eigenvalue weighted by molar-refractivity contribution is 0.913. The quantitative estimate of drug-likeness (QED) is 0.177. The minimum atomic E-state index is -2.98. The molecule has 0 spiro atoms. The van der Waals surface area contributed by atoms with E-state index in [0.29, 0.717) is 22.3 Å². The van der Waals surface area contributed by atoms with Crippen LogP contribution in [0.4, 0.5) is 0 Å². The van der Waals surface area contributed by atoms with Crippen molar-refractivity contribution in [3.8, 4) is 39.1 Å². The van der Waals surface area contributed by atoms with Gasteiger partial charge in [-0.25, -0.2) is 4.98 Å². The molecule has 9 aromatic rings. The normalized spacial score (nSPS) is 15.2. The van der Waals surface area contributed by atoms with Gasteiger partial charge in [0.25, 0.3) is 0 Å². The van der Waals surface area contributed by atoms with Crippen molar-refractivity contribution in [2.45, 2.75) is 13.2 Å². The monoisotopic (exact) mass is 610 g/mol. The van der Waals surface area contributed by atoms with Crippen LogP contribution in [0.15, 0.2) is 164 Å². The van der Waals surface area contributed by atoms with E-state index >= 15 is 0 Å². The van der Waals surface area contributed by atoms with Crippen molar-refractivity contribution < 1.29 is 13.7 Å². The Morgan fingerprint density at radius 1 is 0.574 bits per heavy atom. The summed E-state index contributed by atoms with van der Waals surface area (Å²) in [7, 11) is 0. The smallest absolute Gasteiger partial charge is 0.114 e. The summed E-state index contributed by atoms with van der Waals surface area (Å²) in [5.74, 6) is -0.201. The number of para-hydroxylation sites is 2. The molecule has 0 amide bonds. The fourth-order valence-electron chi connectivity index (χ4n) is 7.00. The van der Waals surface area contributed by atoms with Crippen molar-refractivity contribution in [1.29, 1.82) is 0 Å². The number of imidazole rings is 1. The molecular weight excluding hydrogens is 569 g/mol. The summed E-state index contributed by atoms with van der Waals surface area (Å²) < 4.78 is 85.5. The van der Waals surface area contributed by atoms with E-state index in [1.54, 1.807) is 22.8 Å². The van der Waals surface area contributed by atoms with Crippen LogP contribution in [0.5, 0.6) is 0 Å². The Labute approximate surface area is 288 Å². The van der Waals surface area contributed by atoms with Gasteiger partial charge in [-0.1, -0.05) is 146 Å². The largest absolute Gasteiger partial charge is 0.296 e. The minimum Gasteiger partial charge on any atom is -0.296 e. The van der Waals surface area contributed by atoms with E-state index in [2.05, 4.69) is 29.2 Å². The van der Waals surface area contributed by atoms with Crippen LogP contribution in [-0.2, 0) is 6.37 Å². The Morgan fingerprint density at radius 3 is 1.91 bits per heavy atom. The molecular formula is C45H32N2. The Morgan fingerprint density at radius 2 is 1.19 bits per heavy atom. The maximum Gasteiger partial charge on any atom is 0.114 e. The molecule has 0 fully saturated rings. The van der Waals surface area contributed by atoms with Gasteiger partial charge in [-0.05, 0) is 84.6 Å². The molecule has 0 atom stereocenters. The number of hydrogen-bond donors (Lipinski definition) is 0. The van der Waals surface area contributed by atoms with Crippen molar-refractivity contribution in [1.82, 2.24) is 9.55 Å². The van der Waals surface area contributed by atoms with Gasteiger partial charge in [0.15, 0.2) is 0 Å². The third kappa shape index (κ3) is 4.37. The van der Waals surface area contributed by atoms with Crippen LogP contribution in [0, 0.1) is 0 Å². The zero-order valence-electron chi connectivity index (χ0n) is 35.1. The standard InChI is InChI=1S/C45H32N2/c1-2-43-46-40-25-12-13-26-42(40)47(43)41-28-27-39(33-19-6-7-20-34(33)41)45-37-23-10-8-21-35(37)44(36-22-9-11-24-38(36)45)32-18-14-17-31(29-32)30-15-4-3-5-16-30/h3-29H,2H2,1H3/i1D3,2D2,3D,4D,5D,15D,16D. The lowest BCUT2D eigenvalue weighted by Gasteiger charge is -2.20. The molecule has 47 heavy (non-hydrogen) atoms. The summed E-state index contributed by atoms with van der Waals surface area (Å²) >= 11 is 0. The number of aryl methyl sites for hydroxylation is 1. The number of fused-ring (bicyclic) bond motifs is 4. The van der Waals surface area contributed by atoms with Crippen molar-refractivity contribution in [3.63, 3.8) is 0 Å². The minimum absolute atomic E-state index is 0.139. The second kappa shape index (κ2) is 11.1. The van der Waals surface area contributed by atoms with Crippen molar-refractivity contribution in [3.05, 3.63) is 169 Å². The second-order valence-corrected chi connectivity index (χ2v) is 11.5. The van der Waals surface area contributed by atoms with Crippen LogP contribution in [0.2, 0.25) is 0 Å². The molecule has 1 heterocycles. The van der Waals surface area contributed by atoms with E-state index in [9.17, 15) is 0 Å². The molecule has 0 saturated carbocycles. The van der Waals surface area contributed by atoms with E-state index in [1.807, 2.05) is 91.0 Å². The molecule has 0 N–H and O–H groups in total. The number of nitrogens with zero attached hydrogens (tertiary/aromatic N) is 2. The Kier molecular flexibility index (Phi) is 4.46. The highest BCUT2D eigenvalue weighted by atomic mass is 15.1. The van der Waals surface area contributed by atoms with Gasteiger partial charge in [0, 0.05) is 18.6 Å². The average Bonchev–Trinajstić information content (AvgIpc) is 3.61. The van der Waals surface area contributed by atoms with Gasteiger partial charge in [-0.3, -0.25) is 4.57 Å². The molecule has 1 aromatic heterocycles. The van der Waals surface area contributed by atoms with Crippen LogP contribution in [-0.4, -0.2) is 9.55 Å². The fourth-order valence-corrected chi connectivity index (χ4v) is 7.00. The Bertz CT molecular complexity index is 3020. The molecule has 2 nitrogen and oxygen atoms in total. The van der Waals surface area contributed by atoms with Crippen molar-refractivity contribution in [2.24, 2.45) is 0 Å². The predicted molar refractivity (Wildman–Crippen MR) is 199 cm³/mol. The number of benzene rings is 8. The van der Waals surface area contributed by atoms with Crippen molar-refractivity contribution >= 4 is 43.4 Å². The van der Waals surface area contributed by atoms with Gasteiger partial charge < -0.3 is 0 Å². The summed E-state index contributed by atoms with van der Waals surface area (Å²) in [5.41, 5.74) is 5.97. The van der Waals surface area contributed by atoms with E-state index < -0.39 is 19.3 Å². The van der Waals surface area contributed by atoms with Gasteiger partial charge in [0.05, 0.1) is 23.6 Å². The third-order valence-electron chi connectivity index (χ3n) is 8.96. The maximum absolute atomic E-state index is 8.79. The molecule has 0 saturated heterocycles. The summed E-state index contributed by atoms with van der Waals surface area (Å²) in [4.78, 5) is 4.56. The molecule has 2 heteroatoms. The van der Waals surface area contributed by atoms with Crippen LogP contribution < -0.4 is 0 Å². The number of hydrogen-bond acceptors (Lipinski definition) is 1. The van der Waals surface area contributed by atoms with E-state index in [1.165, 1.54) is 0 Å². The maximum atomic E-state index is 8.79. The zero-order valence-corrected chi connectivity index (χ0v) is 25.1. The highest BCUT2D eigenvalue weighted by Crippen LogP contribution is 2.46. The first-order valence-electron chi connectivity index (χ1n) is 20.4. The molecule has 0 bridgehead atoms. The summed E-state index contributed by atoms with van der Waals surface area (Å²) in [6.07, 6.45) is -2.76. The SMILES string of the molecule is [2H]c1c([2H])c([2H])c(-c2cccc(-c3c4ccccc4c(-c4ccc(-n5c(C([2H])([2H])C([2H])([2H])[2H])nc6ccccc65)c5ccccc45)c4ccccc34)c2)c([2H])c1[2H]. The Balaban J connectivity index is 1.32. The van der Waals surface area contributed by atoms with Gasteiger partial charge in [-0.2, -0.15) is 0 Å². The van der Waals surface area contributed by atoms with Crippen LogP contribution in [0.25, 0.3) is 82.4 Å². The van der Waals surface area contributed by atoms with Gasteiger partial charge >= 0.3 is 0 Å². The van der Waals surface area contributed by atoms with E-state index in [4.69, 9.17) is 13.7 Å². The van der Waals surface area contributed by atoms with E-state index in [-0.39, 0.29) is 35.6 Å². The first kappa shape index (κ1) is 18.9. The summed E-state index contributed by atoms with van der Waals surface area (Å²) in [5, 5.41) is 5.48. The van der Waals surface area contributed by atoms with Crippen molar-refractivity contribution in [2.75, 3.05) is 0 Å². The summed E-state index contributed by atoms with van der Waals surface area (Å²) in [6.45, 7) is -2.98. The highest BCUT2D eigenvalue weighted by Gasteiger charge is 2.20. The average molecular weight is 611 g/mol. The van der Waals surface area contributed by atoms with Crippen LogP contribution in [0.1, 0.15) is 26.4 Å².